The molecule has 0 aliphatic carbocycles. The van der Waals surface area contributed by atoms with Gasteiger partial charge in [0.2, 0.25) is 5.91 Å². The van der Waals surface area contributed by atoms with Gasteiger partial charge in [-0.15, -0.1) is 16.9 Å². The van der Waals surface area contributed by atoms with Crippen LogP contribution in [0.4, 0.5) is 0 Å². The molecule has 1 aromatic heterocycles. The Labute approximate surface area is 296 Å². The number of nitrogens with one attached hydrogen (secondary N) is 1. The third-order valence-corrected chi connectivity index (χ3v) is 11.3. The van der Waals surface area contributed by atoms with Crippen LogP contribution in [0.1, 0.15) is 53.5 Å². The summed E-state index contributed by atoms with van der Waals surface area (Å²) < 4.78 is 7.47. The molecule has 50 heavy (non-hydrogen) atoms. The second-order valence-corrected chi connectivity index (χ2v) is 15.1. The summed E-state index contributed by atoms with van der Waals surface area (Å²) in [6, 6.07) is 48.6. The Balaban J connectivity index is 1.06. The van der Waals surface area contributed by atoms with E-state index in [0.717, 1.165) is 33.6 Å². The number of rotatable bonds is 11. The first-order valence-corrected chi connectivity index (χ1v) is 17.8. The van der Waals surface area contributed by atoms with E-state index in [1.165, 1.54) is 0 Å². The molecule has 1 N–H and O–H groups in total. The molecule has 250 valence electrons. The number of β-lactam (4-membered cyclic amide) rings is 1. The Morgan fingerprint density at radius 2 is 1.28 bits per heavy atom. The topological polar surface area (TPSA) is 85.2 Å². The van der Waals surface area contributed by atoms with Crippen LogP contribution >= 0.6 is 11.8 Å². The van der Waals surface area contributed by atoms with Gasteiger partial charge in [0, 0.05) is 4.75 Å². The second kappa shape index (κ2) is 13.2. The number of fused-ring (bicyclic) bond motifs is 1. The van der Waals surface area contributed by atoms with Crippen molar-refractivity contribution in [3.63, 3.8) is 0 Å². The number of carbonyl (C=O) groups is 1. The lowest BCUT2D eigenvalue weighted by Gasteiger charge is -2.49. The van der Waals surface area contributed by atoms with E-state index < -0.39 is 11.6 Å². The van der Waals surface area contributed by atoms with E-state index in [9.17, 15) is 4.79 Å². The van der Waals surface area contributed by atoms with E-state index in [-0.39, 0.29) is 22.1 Å². The minimum Gasteiger partial charge on any atom is -0.489 e. The standard InChI is InChI=1S/C41H38N6O2S/c1-40(2)36(37-43-44-45-46(37)27-29-23-25-34(26-24-29)49-28-30-15-7-3-8-16-30)47-38(48)35(39(47)50-40)42-41(31-17-9-4-10-18-31,32-19-11-5-12-20-32)33-21-13-6-14-22-33/h3-26,35-36,39,42H,27-28H2,1-2H3/t35?,36?,39-/m0/s1. The minimum absolute atomic E-state index is 0.0414. The molecule has 0 radical (unpaired) electrons. The fraction of sp³-hybridized carbons (Fsp3) is 0.220. The number of aromatic nitrogens is 4. The van der Waals surface area contributed by atoms with Crippen LogP contribution in [0.15, 0.2) is 146 Å². The van der Waals surface area contributed by atoms with E-state index in [0.29, 0.717) is 19.0 Å². The van der Waals surface area contributed by atoms with Gasteiger partial charge in [-0.2, -0.15) is 0 Å². The van der Waals surface area contributed by atoms with Gasteiger partial charge in [-0.1, -0.05) is 133 Å². The second-order valence-electron chi connectivity index (χ2n) is 13.3. The number of amides is 1. The summed E-state index contributed by atoms with van der Waals surface area (Å²) in [6.07, 6.45) is 0. The molecule has 0 bridgehead atoms. The number of tetrazole rings is 1. The number of ether oxygens (including phenoxy) is 1. The molecule has 3 atom stereocenters. The van der Waals surface area contributed by atoms with Crippen molar-refractivity contribution in [1.29, 1.82) is 0 Å². The Kier molecular flexibility index (Phi) is 8.46. The highest BCUT2D eigenvalue weighted by Gasteiger charge is 2.64. The van der Waals surface area contributed by atoms with Crippen molar-refractivity contribution in [2.45, 2.75) is 54.7 Å². The average molecular weight is 679 g/mol. The van der Waals surface area contributed by atoms with Gasteiger partial charge in [0.1, 0.15) is 29.8 Å². The van der Waals surface area contributed by atoms with Gasteiger partial charge in [-0.3, -0.25) is 10.1 Å². The summed E-state index contributed by atoms with van der Waals surface area (Å²) in [5, 5.41) is 16.8. The lowest BCUT2D eigenvalue weighted by atomic mass is 9.76. The first-order chi connectivity index (χ1) is 24.4. The Hall–Kier alpha value is -5.25. The van der Waals surface area contributed by atoms with Gasteiger partial charge in [-0.25, -0.2) is 4.68 Å². The third-order valence-electron chi connectivity index (χ3n) is 9.74. The molecule has 8 rings (SSSR count). The molecule has 2 aliphatic rings. The fourth-order valence-corrected chi connectivity index (χ4v) is 8.97. The maximum absolute atomic E-state index is 14.4. The SMILES string of the molecule is CC1(C)S[C@H]2C(NC(c3ccccc3)(c3ccccc3)c3ccccc3)C(=O)N2C1c1nnnn1Cc1ccc(OCc2ccccc2)cc1. The molecule has 3 heterocycles. The van der Waals surface area contributed by atoms with Crippen LogP contribution in [0, 0.1) is 0 Å². The van der Waals surface area contributed by atoms with Crippen LogP contribution in [0.2, 0.25) is 0 Å². The van der Waals surface area contributed by atoms with Gasteiger partial charge in [-0.05, 0) is 64.2 Å². The molecule has 2 unspecified atom stereocenters. The predicted molar refractivity (Wildman–Crippen MR) is 195 cm³/mol. The van der Waals surface area contributed by atoms with Crippen LogP contribution in [0.25, 0.3) is 0 Å². The van der Waals surface area contributed by atoms with E-state index >= 15 is 0 Å². The van der Waals surface area contributed by atoms with E-state index in [2.05, 4.69) is 107 Å². The molecule has 8 nitrogen and oxygen atoms in total. The van der Waals surface area contributed by atoms with Crippen LogP contribution in [0.3, 0.4) is 0 Å². The zero-order valence-corrected chi connectivity index (χ0v) is 28.8. The summed E-state index contributed by atoms with van der Waals surface area (Å²) in [6.45, 7) is 5.35. The summed E-state index contributed by atoms with van der Waals surface area (Å²) in [7, 11) is 0. The van der Waals surface area contributed by atoms with Gasteiger partial charge < -0.3 is 9.64 Å². The molecular weight excluding hydrogens is 641 g/mol. The smallest absolute Gasteiger partial charge is 0.244 e. The minimum atomic E-state index is -0.752. The van der Waals surface area contributed by atoms with Gasteiger partial charge in [0.05, 0.1) is 12.1 Å². The first-order valence-electron chi connectivity index (χ1n) is 16.9. The molecule has 5 aromatic carbocycles. The quantitative estimate of drug-likeness (QED) is 0.117. The summed E-state index contributed by atoms with van der Waals surface area (Å²) in [5.74, 6) is 1.52. The molecule has 9 heteroatoms. The van der Waals surface area contributed by atoms with Gasteiger partial charge in [0.15, 0.2) is 5.82 Å². The zero-order valence-electron chi connectivity index (χ0n) is 28.0. The molecule has 1 amide bonds. The van der Waals surface area contributed by atoms with E-state index in [4.69, 9.17) is 4.74 Å². The highest BCUT2D eigenvalue weighted by atomic mass is 32.2. The zero-order chi connectivity index (χ0) is 34.1. The molecular formula is C41H38N6O2S. The lowest BCUT2D eigenvalue weighted by Crippen LogP contribution is -2.70. The maximum Gasteiger partial charge on any atom is 0.244 e. The van der Waals surface area contributed by atoms with Gasteiger partial charge in [0.25, 0.3) is 0 Å². The number of benzene rings is 5. The maximum atomic E-state index is 14.4. The molecule has 0 spiro atoms. The number of carbonyl (C=O) groups excluding carboxylic acids is 1. The predicted octanol–water partition coefficient (Wildman–Crippen LogP) is 6.99. The number of hydrogen-bond donors (Lipinski definition) is 1. The van der Waals surface area contributed by atoms with Crippen LogP contribution in [0.5, 0.6) is 5.75 Å². The summed E-state index contributed by atoms with van der Waals surface area (Å²) in [4.78, 5) is 16.4. The molecule has 2 fully saturated rings. The molecule has 2 saturated heterocycles. The van der Waals surface area contributed by atoms with Crippen molar-refractivity contribution >= 4 is 17.7 Å². The van der Waals surface area contributed by atoms with Crippen molar-refractivity contribution in [2.24, 2.45) is 0 Å². The van der Waals surface area contributed by atoms with E-state index in [1.807, 2.05) is 82.4 Å². The Morgan fingerprint density at radius 3 is 1.84 bits per heavy atom. The van der Waals surface area contributed by atoms with Crippen molar-refractivity contribution in [3.05, 3.63) is 179 Å². The largest absolute Gasteiger partial charge is 0.489 e. The van der Waals surface area contributed by atoms with Crippen molar-refractivity contribution in [3.8, 4) is 5.75 Å². The molecule has 6 aromatic rings. The van der Waals surface area contributed by atoms with Gasteiger partial charge >= 0.3 is 0 Å². The number of nitrogens with zero attached hydrogens (tertiary/aromatic N) is 5. The Bertz CT molecular complexity index is 1960. The highest BCUT2D eigenvalue weighted by Crippen LogP contribution is 2.57. The summed E-state index contributed by atoms with van der Waals surface area (Å²) in [5.41, 5.74) is 4.62. The lowest BCUT2D eigenvalue weighted by molar-refractivity contribution is -0.150. The molecule has 0 saturated carbocycles. The van der Waals surface area contributed by atoms with Crippen molar-refractivity contribution < 1.29 is 9.53 Å². The fourth-order valence-electron chi connectivity index (χ4n) is 7.34. The monoisotopic (exact) mass is 678 g/mol. The highest BCUT2D eigenvalue weighted by molar-refractivity contribution is 8.01. The van der Waals surface area contributed by atoms with Crippen LogP contribution in [-0.4, -0.2) is 47.2 Å². The number of hydrogen-bond acceptors (Lipinski definition) is 7. The van der Waals surface area contributed by atoms with E-state index in [1.54, 1.807) is 11.8 Å². The van der Waals surface area contributed by atoms with Crippen LogP contribution in [-0.2, 0) is 23.5 Å². The van der Waals surface area contributed by atoms with Crippen LogP contribution < -0.4 is 10.1 Å². The third kappa shape index (κ3) is 5.76. The van der Waals surface area contributed by atoms with Crippen molar-refractivity contribution in [2.75, 3.05) is 0 Å². The average Bonchev–Trinajstić information content (AvgIpc) is 3.71. The summed E-state index contributed by atoms with van der Waals surface area (Å²) >= 11 is 1.80. The normalized spacial score (nSPS) is 19.5. The number of thioether (sulfide) groups is 1. The first kappa shape index (κ1) is 32.0. The molecule has 2 aliphatic heterocycles. The van der Waals surface area contributed by atoms with Crippen molar-refractivity contribution in [1.82, 2.24) is 30.4 Å². The Morgan fingerprint density at radius 1 is 0.740 bits per heavy atom.